The van der Waals surface area contributed by atoms with E-state index in [0.29, 0.717) is 22.8 Å². The van der Waals surface area contributed by atoms with Gasteiger partial charge in [0.2, 0.25) is 0 Å². The van der Waals surface area contributed by atoms with Crippen molar-refractivity contribution in [2.75, 3.05) is 13.1 Å². The summed E-state index contributed by atoms with van der Waals surface area (Å²) < 4.78 is 6.96. The van der Waals surface area contributed by atoms with Crippen LogP contribution in [0.1, 0.15) is 32.4 Å². The third-order valence-electron chi connectivity index (χ3n) is 5.26. The largest absolute Gasteiger partial charge is 0.299 e. The highest BCUT2D eigenvalue weighted by atomic mass is 32.1. The third-order valence-corrected chi connectivity index (χ3v) is 6.08. The molecule has 4 rings (SSSR count). The van der Waals surface area contributed by atoms with Crippen molar-refractivity contribution in [3.05, 3.63) is 40.6 Å². The molecule has 0 amide bonds. The summed E-state index contributed by atoms with van der Waals surface area (Å²) in [6.45, 7) is 7.09. The molecule has 0 radical (unpaired) electrons. The number of nitrogens with zero attached hydrogens (tertiary/aromatic N) is 4. The smallest absolute Gasteiger partial charge is 0.272 e. The zero-order valence-corrected chi connectivity index (χ0v) is 15.9. The lowest BCUT2D eigenvalue weighted by Gasteiger charge is -2.23. The van der Waals surface area contributed by atoms with E-state index in [1.54, 1.807) is 10.9 Å². The summed E-state index contributed by atoms with van der Waals surface area (Å²) in [6.07, 6.45) is 9.81. The first-order chi connectivity index (χ1) is 12.7. The predicted molar refractivity (Wildman–Crippen MR) is 106 cm³/mol. The van der Waals surface area contributed by atoms with Crippen LogP contribution in [0.5, 0.6) is 0 Å². The molecule has 2 unspecified atom stereocenters. The average molecular weight is 366 g/mol. The third kappa shape index (κ3) is 3.02. The Morgan fingerprint density at radius 2 is 2.31 bits per heavy atom. The van der Waals surface area contributed by atoms with Gasteiger partial charge in [0.15, 0.2) is 0 Å². The highest BCUT2D eigenvalue weighted by molar-refractivity contribution is 7.13. The van der Waals surface area contributed by atoms with Gasteiger partial charge >= 0.3 is 0 Å². The van der Waals surface area contributed by atoms with Crippen molar-refractivity contribution in [1.82, 2.24) is 18.8 Å². The molecule has 2 aliphatic rings. The fraction of sp³-hybridized carbons (Fsp3) is 0.450. The van der Waals surface area contributed by atoms with Crippen LogP contribution >= 0.6 is 11.5 Å². The van der Waals surface area contributed by atoms with Gasteiger partial charge in [0, 0.05) is 18.5 Å². The average Bonchev–Trinajstić information content (AvgIpc) is 3.21. The summed E-state index contributed by atoms with van der Waals surface area (Å²) in [4.78, 5) is 20.0. The lowest BCUT2D eigenvalue weighted by atomic mass is 9.98. The summed E-state index contributed by atoms with van der Waals surface area (Å²) in [7, 11) is 0. The summed E-state index contributed by atoms with van der Waals surface area (Å²) in [6, 6.07) is 0.425. The summed E-state index contributed by atoms with van der Waals surface area (Å²) >= 11 is 1.25. The Morgan fingerprint density at radius 1 is 1.42 bits per heavy atom. The van der Waals surface area contributed by atoms with Crippen LogP contribution in [0.2, 0.25) is 0 Å². The van der Waals surface area contributed by atoms with E-state index < -0.39 is 0 Å². The van der Waals surface area contributed by atoms with Crippen LogP contribution in [0.15, 0.2) is 29.3 Å². The second kappa shape index (κ2) is 7.18. The molecule has 1 aliphatic heterocycles. The number of hydrogen-bond acceptors (Lipinski definition) is 5. The number of aromatic nitrogens is 3. The van der Waals surface area contributed by atoms with Crippen molar-refractivity contribution < 1.29 is 0 Å². The SMILES string of the molecule is CCN1CCCC1Cn1cnc2c(C3=CC=CC#CC3C)nsc2c1=O. The molecule has 3 heterocycles. The van der Waals surface area contributed by atoms with Crippen molar-refractivity contribution in [3.8, 4) is 11.8 Å². The van der Waals surface area contributed by atoms with Crippen molar-refractivity contribution in [1.29, 1.82) is 0 Å². The van der Waals surface area contributed by atoms with E-state index in [2.05, 4.69) is 39.9 Å². The van der Waals surface area contributed by atoms with Crippen LogP contribution in [-0.4, -0.2) is 38.0 Å². The number of rotatable bonds is 4. The van der Waals surface area contributed by atoms with Crippen molar-refractivity contribution in [2.24, 2.45) is 5.92 Å². The number of fused-ring (bicyclic) bond motifs is 1. The molecule has 0 spiro atoms. The molecular weight excluding hydrogens is 344 g/mol. The molecular formula is C20H22N4OS. The zero-order chi connectivity index (χ0) is 18.1. The monoisotopic (exact) mass is 366 g/mol. The van der Waals surface area contributed by atoms with E-state index in [9.17, 15) is 4.79 Å². The fourth-order valence-corrected chi connectivity index (χ4v) is 4.61. The number of hydrogen-bond donors (Lipinski definition) is 0. The molecule has 2 atom stereocenters. The predicted octanol–water partition coefficient (Wildman–Crippen LogP) is 2.93. The van der Waals surface area contributed by atoms with Crippen LogP contribution in [-0.2, 0) is 6.54 Å². The van der Waals surface area contributed by atoms with Gasteiger partial charge in [0.25, 0.3) is 5.56 Å². The summed E-state index contributed by atoms with van der Waals surface area (Å²) in [5.41, 5.74) is 2.53. The molecule has 26 heavy (non-hydrogen) atoms. The fourth-order valence-electron chi connectivity index (χ4n) is 3.80. The first-order valence-corrected chi connectivity index (χ1v) is 9.93. The number of likely N-dealkylation sites (tertiary alicyclic amines) is 1. The normalized spacial score (nSPS) is 22.9. The minimum absolute atomic E-state index is 0.0187. The number of likely N-dealkylation sites (N-methyl/N-ethyl adjacent to an activating group) is 1. The second-order valence-corrected chi connectivity index (χ2v) is 7.60. The second-order valence-electron chi connectivity index (χ2n) is 6.83. The molecule has 2 aromatic rings. The first kappa shape index (κ1) is 17.2. The molecule has 6 heteroatoms. The Hall–Kier alpha value is -2.23. The van der Waals surface area contributed by atoms with Crippen LogP contribution in [0.3, 0.4) is 0 Å². The lowest BCUT2D eigenvalue weighted by Crippen LogP contribution is -2.35. The topological polar surface area (TPSA) is 51.0 Å². The zero-order valence-electron chi connectivity index (χ0n) is 15.1. The Morgan fingerprint density at radius 3 is 3.15 bits per heavy atom. The number of allylic oxidation sites excluding steroid dienone is 4. The molecule has 2 aromatic heterocycles. The summed E-state index contributed by atoms with van der Waals surface area (Å²) in [5.74, 6) is 6.25. The molecule has 134 valence electrons. The minimum atomic E-state index is 0.0187. The molecule has 1 fully saturated rings. The van der Waals surface area contributed by atoms with Gasteiger partial charge in [-0.1, -0.05) is 30.9 Å². The summed E-state index contributed by atoms with van der Waals surface area (Å²) in [5, 5.41) is 0. The van der Waals surface area contributed by atoms with Gasteiger partial charge in [0.1, 0.15) is 15.9 Å². The van der Waals surface area contributed by atoms with E-state index in [1.165, 1.54) is 18.0 Å². The highest BCUT2D eigenvalue weighted by Crippen LogP contribution is 2.29. The van der Waals surface area contributed by atoms with Gasteiger partial charge < -0.3 is 0 Å². The van der Waals surface area contributed by atoms with Gasteiger partial charge in [-0.25, -0.2) is 4.98 Å². The quantitative estimate of drug-likeness (QED) is 0.781. The van der Waals surface area contributed by atoms with E-state index >= 15 is 0 Å². The molecule has 5 nitrogen and oxygen atoms in total. The molecule has 1 saturated heterocycles. The van der Waals surface area contributed by atoms with E-state index in [1.807, 2.05) is 18.2 Å². The Bertz CT molecular complexity index is 1000. The van der Waals surface area contributed by atoms with Crippen molar-refractivity contribution in [2.45, 2.75) is 39.3 Å². The van der Waals surface area contributed by atoms with Gasteiger partial charge in [-0.2, -0.15) is 4.37 Å². The lowest BCUT2D eigenvalue weighted by molar-refractivity contribution is 0.242. The van der Waals surface area contributed by atoms with Crippen LogP contribution in [0.25, 0.3) is 15.8 Å². The van der Waals surface area contributed by atoms with Gasteiger partial charge in [0.05, 0.1) is 6.33 Å². The Kier molecular flexibility index (Phi) is 4.75. The van der Waals surface area contributed by atoms with Crippen LogP contribution in [0, 0.1) is 17.8 Å². The van der Waals surface area contributed by atoms with Crippen molar-refractivity contribution >= 4 is 27.3 Å². The van der Waals surface area contributed by atoms with Crippen molar-refractivity contribution in [3.63, 3.8) is 0 Å². The van der Waals surface area contributed by atoms with E-state index in [0.717, 1.165) is 30.8 Å². The molecule has 0 aromatic carbocycles. The molecule has 0 N–H and O–H groups in total. The van der Waals surface area contributed by atoms with E-state index in [-0.39, 0.29) is 11.5 Å². The standard InChI is InChI=1S/C20H22N4OS/c1-3-23-11-7-9-15(23)12-24-13-21-18-17(22-26-19(18)20(24)25)16-10-6-4-5-8-14(16)2/h4,6,10,13-15H,3,7,9,11-12H2,1-2H3. The van der Waals surface area contributed by atoms with Gasteiger partial charge in [-0.15, -0.1) is 0 Å². The first-order valence-electron chi connectivity index (χ1n) is 9.16. The molecule has 1 aliphatic carbocycles. The van der Waals surface area contributed by atoms with Gasteiger partial charge in [-0.3, -0.25) is 14.3 Å². The van der Waals surface area contributed by atoms with Gasteiger partial charge in [-0.05, 0) is 56.0 Å². The van der Waals surface area contributed by atoms with Crippen LogP contribution < -0.4 is 5.56 Å². The van der Waals surface area contributed by atoms with Crippen LogP contribution in [0.4, 0.5) is 0 Å². The highest BCUT2D eigenvalue weighted by Gasteiger charge is 2.25. The Labute approximate surface area is 157 Å². The maximum absolute atomic E-state index is 13.0. The minimum Gasteiger partial charge on any atom is -0.299 e. The van der Waals surface area contributed by atoms with E-state index in [4.69, 9.17) is 0 Å². The molecule has 0 saturated carbocycles. The maximum atomic E-state index is 13.0. The Balaban J connectivity index is 1.70. The molecule has 0 bridgehead atoms. The maximum Gasteiger partial charge on any atom is 0.272 e.